The first-order valence-corrected chi connectivity index (χ1v) is 7.12. The van der Waals surface area contributed by atoms with Crippen LogP contribution in [0.25, 0.3) is 6.08 Å². The zero-order valence-corrected chi connectivity index (χ0v) is 13.5. The van der Waals surface area contributed by atoms with Gasteiger partial charge in [0.1, 0.15) is 11.3 Å². The number of benzene rings is 1. The summed E-state index contributed by atoms with van der Waals surface area (Å²) in [6.45, 7) is 3.68. The normalized spacial score (nSPS) is 16.1. The lowest BCUT2D eigenvalue weighted by atomic mass is 10.1. The zero-order valence-electron chi connectivity index (χ0n) is 12.6. The SMILES string of the molecule is C=CCN1C(=O)/C(=C/c2ccc([N+](=O)[O-])cc2OC)C(=O)NC1=S. The Kier molecular flexibility index (Phi) is 5.05. The standard InChI is InChI=1S/C15H13N3O5S/c1-3-6-17-14(20)11(13(19)16-15(17)24)7-9-4-5-10(18(21)22)8-12(9)23-2/h3-5,7-8H,1,6H2,2H3,(H,16,19,24)/b11-7+. The molecule has 1 aliphatic rings. The molecule has 9 heteroatoms. The first-order valence-electron chi connectivity index (χ1n) is 6.71. The van der Waals surface area contributed by atoms with Crippen LogP contribution in [0.5, 0.6) is 5.75 Å². The fourth-order valence-electron chi connectivity index (χ4n) is 2.08. The van der Waals surface area contributed by atoms with Crippen LogP contribution in [0.4, 0.5) is 5.69 Å². The molecule has 0 unspecified atom stereocenters. The lowest BCUT2D eigenvalue weighted by molar-refractivity contribution is -0.384. The third-order valence-corrected chi connectivity index (χ3v) is 3.55. The quantitative estimate of drug-likeness (QED) is 0.216. The van der Waals surface area contributed by atoms with Gasteiger partial charge in [0.05, 0.1) is 18.1 Å². The number of carbonyl (C=O) groups is 2. The van der Waals surface area contributed by atoms with Crippen LogP contribution >= 0.6 is 12.2 Å². The Morgan fingerprint density at radius 1 is 1.46 bits per heavy atom. The molecule has 1 fully saturated rings. The topological polar surface area (TPSA) is 102 Å². The Hall–Kier alpha value is -3.07. The predicted octanol–water partition coefficient (Wildman–Crippen LogP) is 1.42. The predicted molar refractivity (Wildman–Crippen MR) is 90.3 cm³/mol. The lowest BCUT2D eigenvalue weighted by Crippen LogP contribution is -2.53. The van der Waals surface area contributed by atoms with Crippen molar-refractivity contribution in [3.05, 3.63) is 52.1 Å². The van der Waals surface area contributed by atoms with Crippen LogP contribution in [0.3, 0.4) is 0 Å². The van der Waals surface area contributed by atoms with Crippen LogP contribution < -0.4 is 10.1 Å². The number of amides is 2. The highest BCUT2D eigenvalue weighted by molar-refractivity contribution is 7.80. The number of hydrogen-bond donors (Lipinski definition) is 1. The third kappa shape index (κ3) is 3.30. The Labute approximate surface area is 142 Å². The average Bonchev–Trinajstić information content (AvgIpc) is 2.55. The number of ether oxygens (including phenoxy) is 1. The number of non-ortho nitro benzene ring substituents is 1. The molecule has 0 saturated carbocycles. The minimum Gasteiger partial charge on any atom is -0.496 e. The van der Waals surface area contributed by atoms with Gasteiger partial charge in [-0.15, -0.1) is 6.58 Å². The van der Waals surface area contributed by atoms with E-state index in [0.29, 0.717) is 5.56 Å². The molecule has 2 rings (SSSR count). The Bertz CT molecular complexity index is 787. The molecule has 1 saturated heterocycles. The number of nitro groups is 1. The van der Waals surface area contributed by atoms with Crippen molar-refractivity contribution in [2.24, 2.45) is 0 Å². The van der Waals surface area contributed by atoms with E-state index >= 15 is 0 Å². The molecule has 2 amide bonds. The van der Waals surface area contributed by atoms with Gasteiger partial charge in [0.25, 0.3) is 17.5 Å². The van der Waals surface area contributed by atoms with Crippen LogP contribution in [0.2, 0.25) is 0 Å². The maximum atomic E-state index is 12.4. The molecule has 124 valence electrons. The van der Waals surface area contributed by atoms with Crippen LogP contribution in [-0.2, 0) is 9.59 Å². The van der Waals surface area contributed by atoms with Gasteiger partial charge in [0.15, 0.2) is 5.11 Å². The maximum Gasteiger partial charge on any atom is 0.273 e. The summed E-state index contributed by atoms with van der Waals surface area (Å²) in [6.07, 6.45) is 2.78. The summed E-state index contributed by atoms with van der Waals surface area (Å²) in [4.78, 5) is 35.9. The summed E-state index contributed by atoms with van der Waals surface area (Å²) >= 11 is 4.96. The molecule has 1 aliphatic heterocycles. The van der Waals surface area contributed by atoms with E-state index in [1.54, 1.807) is 0 Å². The Morgan fingerprint density at radius 2 is 2.17 bits per heavy atom. The van der Waals surface area contributed by atoms with Gasteiger partial charge < -0.3 is 4.74 Å². The summed E-state index contributed by atoms with van der Waals surface area (Å²) < 4.78 is 5.10. The Balaban J connectivity index is 2.47. The van der Waals surface area contributed by atoms with Gasteiger partial charge in [-0.3, -0.25) is 29.9 Å². The number of methoxy groups -OCH3 is 1. The van der Waals surface area contributed by atoms with E-state index < -0.39 is 16.7 Å². The monoisotopic (exact) mass is 347 g/mol. The molecule has 1 aromatic rings. The van der Waals surface area contributed by atoms with Crippen molar-refractivity contribution in [3.8, 4) is 5.75 Å². The maximum absolute atomic E-state index is 12.4. The number of thiocarbonyl (C=S) groups is 1. The van der Waals surface area contributed by atoms with Crippen molar-refractivity contribution in [3.63, 3.8) is 0 Å². The first kappa shape index (κ1) is 17.3. The number of hydrogen-bond acceptors (Lipinski definition) is 6. The number of rotatable bonds is 5. The lowest BCUT2D eigenvalue weighted by Gasteiger charge is -2.27. The first-order chi connectivity index (χ1) is 11.4. The molecule has 24 heavy (non-hydrogen) atoms. The number of nitro benzene ring substituents is 1. The van der Waals surface area contributed by atoms with Crippen molar-refractivity contribution in [1.29, 1.82) is 0 Å². The van der Waals surface area contributed by atoms with E-state index in [1.807, 2.05) is 0 Å². The van der Waals surface area contributed by atoms with Crippen LogP contribution in [-0.4, -0.2) is 40.4 Å². The zero-order chi connectivity index (χ0) is 17.9. The van der Waals surface area contributed by atoms with Gasteiger partial charge in [-0.2, -0.15) is 0 Å². The molecule has 0 aromatic heterocycles. The summed E-state index contributed by atoms with van der Waals surface area (Å²) in [7, 11) is 1.34. The van der Waals surface area contributed by atoms with Gasteiger partial charge in [0.2, 0.25) is 0 Å². The average molecular weight is 347 g/mol. The summed E-state index contributed by atoms with van der Waals surface area (Å²) in [5.41, 5.74) is 0.0356. The van der Waals surface area contributed by atoms with Gasteiger partial charge >= 0.3 is 0 Å². The van der Waals surface area contributed by atoms with Crippen LogP contribution in [0.1, 0.15) is 5.56 Å². The number of nitrogens with zero attached hydrogens (tertiary/aromatic N) is 2. The van der Waals surface area contributed by atoms with Gasteiger partial charge in [-0.25, -0.2) is 0 Å². The van der Waals surface area contributed by atoms with Gasteiger partial charge in [-0.1, -0.05) is 6.08 Å². The molecule has 1 heterocycles. The minimum absolute atomic E-state index is 0.00212. The number of carbonyl (C=O) groups excluding carboxylic acids is 2. The smallest absolute Gasteiger partial charge is 0.273 e. The number of nitrogens with one attached hydrogen (secondary N) is 1. The third-order valence-electron chi connectivity index (χ3n) is 3.23. The summed E-state index contributed by atoms with van der Waals surface area (Å²) in [5.74, 6) is -1.06. The molecule has 0 radical (unpaired) electrons. The molecular weight excluding hydrogens is 334 g/mol. The Morgan fingerprint density at radius 3 is 2.75 bits per heavy atom. The van der Waals surface area contributed by atoms with Crippen LogP contribution in [0.15, 0.2) is 36.4 Å². The molecule has 8 nitrogen and oxygen atoms in total. The summed E-state index contributed by atoms with van der Waals surface area (Å²) in [5, 5.41) is 13.2. The second kappa shape index (κ2) is 7.01. The fourth-order valence-corrected chi connectivity index (χ4v) is 2.33. The summed E-state index contributed by atoms with van der Waals surface area (Å²) in [6, 6.07) is 3.87. The van der Waals surface area contributed by atoms with E-state index in [9.17, 15) is 19.7 Å². The molecule has 0 spiro atoms. The highest BCUT2D eigenvalue weighted by Gasteiger charge is 2.32. The largest absolute Gasteiger partial charge is 0.496 e. The van der Waals surface area contributed by atoms with E-state index in [-0.39, 0.29) is 28.7 Å². The molecule has 1 N–H and O–H groups in total. The van der Waals surface area contributed by atoms with E-state index in [1.165, 1.54) is 42.4 Å². The second-order valence-electron chi connectivity index (χ2n) is 4.71. The molecule has 0 aliphatic carbocycles. The molecule has 0 atom stereocenters. The highest BCUT2D eigenvalue weighted by Crippen LogP contribution is 2.27. The van der Waals surface area contributed by atoms with Crippen molar-refractivity contribution < 1.29 is 19.2 Å². The van der Waals surface area contributed by atoms with Gasteiger partial charge in [0, 0.05) is 18.2 Å². The van der Waals surface area contributed by atoms with Gasteiger partial charge in [-0.05, 0) is 24.4 Å². The second-order valence-corrected chi connectivity index (χ2v) is 5.09. The minimum atomic E-state index is -0.647. The van der Waals surface area contributed by atoms with E-state index in [2.05, 4.69) is 11.9 Å². The van der Waals surface area contributed by atoms with Crippen molar-refractivity contribution in [2.45, 2.75) is 0 Å². The van der Waals surface area contributed by atoms with Crippen molar-refractivity contribution in [2.75, 3.05) is 13.7 Å². The van der Waals surface area contributed by atoms with E-state index in [0.717, 1.165) is 0 Å². The van der Waals surface area contributed by atoms with Crippen LogP contribution in [0, 0.1) is 10.1 Å². The van der Waals surface area contributed by atoms with Crippen molar-refractivity contribution >= 4 is 40.9 Å². The van der Waals surface area contributed by atoms with Crippen molar-refractivity contribution in [1.82, 2.24) is 10.2 Å². The molecule has 0 bridgehead atoms. The fraction of sp³-hybridized carbons (Fsp3) is 0.133. The van der Waals surface area contributed by atoms with E-state index in [4.69, 9.17) is 17.0 Å². The molecule has 1 aromatic carbocycles. The molecular formula is C15H13N3O5S. The highest BCUT2D eigenvalue weighted by atomic mass is 32.1.